The largest absolute Gasteiger partial charge is 0.377 e. The fourth-order valence-corrected chi connectivity index (χ4v) is 2.49. The van der Waals surface area contributed by atoms with E-state index in [1.165, 1.54) is 18.6 Å². The number of rotatable bonds is 6. The molecule has 1 fully saturated rings. The van der Waals surface area contributed by atoms with Gasteiger partial charge in [-0.2, -0.15) is 0 Å². The lowest BCUT2D eigenvalue weighted by molar-refractivity contribution is 0.0804. The first-order valence-electron chi connectivity index (χ1n) is 6.96. The number of benzene rings is 1. The third-order valence-electron chi connectivity index (χ3n) is 3.64. The topological polar surface area (TPSA) is 38.5 Å². The van der Waals surface area contributed by atoms with Crippen LogP contribution in [0.5, 0.6) is 0 Å². The Morgan fingerprint density at radius 3 is 3.05 bits per heavy atom. The van der Waals surface area contributed by atoms with Gasteiger partial charge >= 0.3 is 0 Å². The van der Waals surface area contributed by atoms with Gasteiger partial charge in [0.15, 0.2) is 0 Å². The molecule has 2 atom stereocenters. The van der Waals surface area contributed by atoms with Gasteiger partial charge in [-0.3, -0.25) is 0 Å². The Balaban J connectivity index is 1.74. The maximum Gasteiger partial charge on any atom is 0.123 e. The molecule has 106 valence electrons. The lowest BCUT2D eigenvalue weighted by Gasteiger charge is -2.22. The highest BCUT2D eigenvalue weighted by Gasteiger charge is 2.17. The average Bonchev–Trinajstić information content (AvgIpc) is 2.88. The molecule has 3 nitrogen and oxygen atoms in total. The van der Waals surface area contributed by atoms with Crippen LogP contribution in [0.15, 0.2) is 24.3 Å². The van der Waals surface area contributed by atoms with Crippen molar-refractivity contribution in [1.82, 2.24) is 4.90 Å². The Kier molecular flexibility index (Phi) is 5.31. The van der Waals surface area contributed by atoms with Crippen LogP contribution < -0.4 is 5.73 Å². The average molecular weight is 266 g/mol. The minimum atomic E-state index is -0.222. The highest BCUT2D eigenvalue weighted by atomic mass is 19.1. The van der Waals surface area contributed by atoms with E-state index in [-0.39, 0.29) is 11.9 Å². The molecule has 0 amide bonds. The summed E-state index contributed by atoms with van der Waals surface area (Å²) < 4.78 is 18.7. The Hall–Kier alpha value is -0.970. The van der Waals surface area contributed by atoms with E-state index >= 15 is 0 Å². The number of nitrogens with two attached hydrogens (primary N) is 1. The zero-order valence-electron chi connectivity index (χ0n) is 11.5. The van der Waals surface area contributed by atoms with Gasteiger partial charge in [0.2, 0.25) is 0 Å². The highest BCUT2D eigenvalue weighted by Crippen LogP contribution is 2.17. The summed E-state index contributed by atoms with van der Waals surface area (Å²) in [5.41, 5.74) is 6.96. The highest BCUT2D eigenvalue weighted by molar-refractivity contribution is 5.19. The molecule has 0 radical (unpaired) electrons. The van der Waals surface area contributed by atoms with Gasteiger partial charge in [0, 0.05) is 19.2 Å². The summed E-state index contributed by atoms with van der Waals surface area (Å²) in [5, 5.41) is 0. The van der Waals surface area contributed by atoms with E-state index in [4.69, 9.17) is 10.5 Å². The molecule has 0 spiro atoms. The number of hydrogen-bond donors (Lipinski definition) is 1. The van der Waals surface area contributed by atoms with Crippen LogP contribution in [-0.4, -0.2) is 37.7 Å². The molecule has 2 N–H and O–H groups in total. The van der Waals surface area contributed by atoms with Crippen molar-refractivity contribution in [2.45, 2.75) is 31.4 Å². The molecule has 1 saturated heterocycles. The van der Waals surface area contributed by atoms with Crippen LogP contribution >= 0.6 is 0 Å². The van der Waals surface area contributed by atoms with Gasteiger partial charge in [-0.25, -0.2) is 4.39 Å². The maximum atomic E-state index is 13.1. The first kappa shape index (κ1) is 14.4. The minimum Gasteiger partial charge on any atom is -0.377 e. The zero-order valence-corrected chi connectivity index (χ0v) is 11.5. The van der Waals surface area contributed by atoms with Crippen LogP contribution in [-0.2, 0) is 4.74 Å². The number of nitrogens with zero attached hydrogens (tertiary/aromatic N) is 1. The van der Waals surface area contributed by atoms with Crippen molar-refractivity contribution in [3.63, 3.8) is 0 Å². The van der Waals surface area contributed by atoms with E-state index < -0.39 is 0 Å². The van der Waals surface area contributed by atoms with Gasteiger partial charge in [0.25, 0.3) is 0 Å². The second-order valence-corrected chi connectivity index (χ2v) is 5.35. The molecular formula is C15H23FN2O. The molecule has 4 heteroatoms. The van der Waals surface area contributed by atoms with E-state index in [2.05, 4.69) is 11.9 Å². The van der Waals surface area contributed by atoms with Crippen LogP contribution in [0.2, 0.25) is 0 Å². The van der Waals surface area contributed by atoms with Crippen molar-refractivity contribution in [3.05, 3.63) is 35.6 Å². The van der Waals surface area contributed by atoms with Crippen LogP contribution in [0.4, 0.5) is 4.39 Å². The normalized spacial score (nSPS) is 20.9. The summed E-state index contributed by atoms with van der Waals surface area (Å²) in [4.78, 5) is 2.25. The van der Waals surface area contributed by atoms with Gasteiger partial charge in [-0.1, -0.05) is 12.1 Å². The summed E-state index contributed by atoms with van der Waals surface area (Å²) in [7, 11) is 2.08. The Morgan fingerprint density at radius 2 is 2.37 bits per heavy atom. The van der Waals surface area contributed by atoms with E-state index in [9.17, 15) is 4.39 Å². The number of hydrogen-bond acceptors (Lipinski definition) is 3. The predicted molar refractivity (Wildman–Crippen MR) is 74.4 cm³/mol. The second-order valence-electron chi connectivity index (χ2n) is 5.35. The standard InChI is InChI=1S/C15H23FN2O/c1-18(11-14-6-3-9-19-14)8-7-15(17)12-4-2-5-13(16)10-12/h2,4-5,10,14-15H,3,6-9,11,17H2,1H3. The lowest BCUT2D eigenvalue weighted by Crippen LogP contribution is -2.31. The minimum absolute atomic E-state index is 0.109. The molecule has 1 aliphatic rings. The maximum absolute atomic E-state index is 13.1. The van der Waals surface area contributed by atoms with Crippen LogP contribution in [0, 0.1) is 5.82 Å². The fraction of sp³-hybridized carbons (Fsp3) is 0.600. The molecule has 0 aromatic heterocycles. The molecule has 1 aliphatic heterocycles. The van der Waals surface area contributed by atoms with E-state index in [0.29, 0.717) is 6.10 Å². The zero-order chi connectivity index (χ0) is 13.7. The van der Waals surface area contributed by atoms with Crippen LogP contribution in [0.3, 0.4) is 0 Å². The molecule has 2 rings (SSSR count). The molecule has 1 heterocycles. The van der Waals surface area contributed by atoms with Crippen molar-refractivity contribution in [2.75, 3.05) is 26.7 Å². The third kappa shape index (κ3) is 4.56. The van der Waals surface area contributed by atoms with Gasteiger partial charge < -0.3 is 15.4 Å². The van der Waals surface area contributed by atoms with E-state index in [1.807, 2.05) is 6.07 Å². The van der Waals surface area contributed by atoms with Crippen LogP contribution in [0.1, 0.15) is 30.9 Å². The molecule has 0 saturated carbocycles. The van der Waals surface area contributed by atoms with Gasteiger partial charge in [-0.15, -0.1) is 0 Å². The predicted octanol–water partition coefficient (Wildman–Crippen LogP) is 2.33. The van der Waals surface area contributed by atoms with Crippen molar-refractivity contribution in [3.8, 4) is 0 Å². The Labute approximate surface area is 114 Å². The van der Waals surface area contributed by atoms with Crippen LogP contribution in [0.25, 0.3) is 0 Å². The van der Waals surface area contributed by atoms with Crippen molar-refractivity contribution in [1.29, 1.82) is 0 Å². The first-order chi connectivity index (χ1) is 9.15. The molecular weight excluding hydrogens is 243 g/mol. The lowest BCUT2D eigenvalue weighted by atomic mass is 10.0. The van der Waals surface area contributed by atoms with E-state index in [1.54, 1.807) is 6.07 Å². The van der Waals surface area contributed by atoms with Gasteiger partial charge in [-0.05, 0) is 50.6 Å². The molecule has 0 bridgehead atoms. The molecule has 0 aliphatic carbocycles. The first-order valence-corrected chi connectivity index (χ1v) is 6.96. The molecule has 1 aromatic rings. The third-order valence-corrected chi connectivity index (χ3v) is 3.64. The number of ether oxygens (including phenoxy) is 1. The summed E-state index contributed by atoms with van der Waals surface area (Å²) in [6, 6.07) is 6.45. The fourth-order valence-electron chi connectivity index (χ4n) is 2.49. The summed E-state index contributed by atoms with van der Waals surface area (Å²) >= 11 is 0. The Bertz CT molecular complexity index is 393. The van der Waals surface area contributed by atoms with Crippen molar-refractivity contribution in [2.24, 2.45) is 5.73 Å². The summed E-state index contributed by atoms with van der Waals surface area (Å²) in [5.74, 6) is -0.222. The smallest absolute Gasteiger partial charge is 0.123 e. The molecule has 2 unspecified atom stereocenters. The second kappa shape index (κ2) is 6.98. The Morgan fingerprint density at radius 1 is 1.53 bits per heavy atom. The SMILES string of the molecule is CN(CCC(N)c1cccc(F)c1)CC1CCCO1. The quantitative estimate of drug-likeness (QED) is 0.859. The molecule has 19 heavy (non-hydrogen) atoms. The van der Waals surface area contributed by atoms with Gasteiger partial charge in [0.05, 0.1) is 6.10 Å². The summed E-state index contributed by atoms with van der Waals surface area (Å²) in [6.07, 6.45) is 3.52. The van der Waals surface area contributed by atoms with Gasteiger partial charge in [0.1, 0.15) is 5.82 Å². The summed E-state index contributed by atoms with van der Waals surface area (Å²) in [6.45, 7) is 2.74. The monoisotopic (exact) mass is 266 g/mol. The van der Waals surface area contributed by atoms with Crippen molar-refractivity contribution < 1.29 is 9.13 Å². The molecule has 1 aromatic carbocycles. The van der Waals surface area contributed by atoms with E-state index in [0.717, 1.165) is 38.1 Å². The number of halogens is 1. The van der Waals surface area contributed by atoms with Crippen molar-refractivity contribution >= 4 is 0 Å². The number of likely N-dealkylation sites (N-methyl/N-ethyl adjacent to an activating group) is 1.